The third-order valence-electron chi connectivity index (χ3n) is 1.75. The van der Waals surface area contributed by atoms with Gasteiger partial charge in [0.25, 0.3) is 0 Å². The van der Waals surface area contributed by atoms with E-state index in [0.717, 1.165) is 19.3 Å². The second kappa shape index (κ2) is 2.66. The van der Waals surface area contributed by atoms with Crippen LogP contribution in [0.4, 0.5) is 0 Å². The van der Waals surface area contributed by atoms with E-state index in [1.54, 1.807) is 0 Å². The Morgan fingerprint density at radius 2 is 2.10 bits per heavy atom. The molecule has 1 rings (SSSR count). The van der Waals surface area contributed by atoms with Crippen LogP contribution < -0.4 is 5.73 Å². The molecule has 2 N–H and O–H groups in total. The summed E-state index contributed by atoms with van der Waals surface area (Å²) in [5, 5.41) is 7.83. The molecule has 0 saturated heterocycles. The van der Waals surface area contributed by atoms with Gasteiger partial charge in [-0.25, -0.2) is 0 Å². The standard InChI is InChI=1S/C7H15N3/c1-6(8)4-3-5-7(2)9-10-7/h6H,3-5,8H2,1-2H3. The normalized spacial score (nSPS) is 22.7. The molecular weight excluding hydrogens is 126 g/mol. The molecule has 0 aromatic rings. The molecule has 1 aliphatic heterocycles. The zero-order valence-electron chi connectivity index (χ0n) is 6.67. The Morgan fingerprint density at radius 1 is 1.50 bits per heavy atom. The topological polar surface area (TPSA) is 50.7 Å². The van der Waals surface area contributed by atoms with Crippen molar-refractivity contribution in [2.75, 3.05) is 0 Å². The first-order chi connectivity index (χ1) is 4.62. The molecule has 3 nitrogen and oxygen atoms in total. The Balaban J connectivity index is 1.96. The van der Waals surface area contributed by atoms with Gasteiger partial charge in [-0.15, -0.1) is 0 Å². The monoisotopic (exact) mass is 141 g/mol. The maximum absolute atomic E-state index is 5.58. The number of nitrogens with zero attached hydrogens (tertiary/aromatic N) is 2. The summed E-state index contributed by atoms with van der Waals surface area (Å²) in [5.41, 5.74) is 5.56. The van der Waals surface area contributed by atoms with Crippen LogP contribution in [-0.4, -0.2) is 11.7 Å². The summed E-state index contributed by atoms with van der Waals surface area (Å²) >= 11 is 0. The van der Waals surface area contributed by atoms with Crippen molar-refractivity contribution in [3.63, 3.8) is 0 Å². The van der Waals surface area contributed by atoms with Gasteiger partial charge in [-0.3, -0.25) is 0 Å². The highest BCUT2D eigenvalue weighted by molar-refractivity contribution is 4.87. The van der Waals surface area contributed by atoms with Crippen LogP contribution in [0.5, 0.6) is 0 Å². The Bertz CT molecular complexity index is 134. The van der Waals surface area contributed by atoms with E-state index in [1.165, 1.54) is 0 Å². The Morgan fingerprint density at radius 3 is 2.50 bits per heavy atom. The highest BCUT2D eigenvalue weighted by Gasteiger charge is 2.32. The van der Waals surface area contributed by atoms with Crippen LogP contribution in [0.15, 0.2) is 10.2 Å². The molecule has 0 saturated carbocycles. The van der Waals surface area contributed by atoms with Crippen molar-refractivity contribution in [3.8, 4) is 0 Å². The minimum absolute atomic E-state index is 0.0190. The Kier molecular flexibility index (Phi) is 2.04. The van der Waals surface area contributed by atoms with E-state index in [4.69, 9.17) is 5.73 Å². The minimum atomic E-state index is -0.0190. The predicted molar refractivity (Wildman–Crippen MR) is 40.8 cm³/mol. The summed E-state index contributed by atoms with van der Waals surface area (Å²) < 4.78 is 0. The molecular formula is C7H15N3. The van der Waals surface area contributed by atoms with Crippen molar-refractivity contribution in [1.29, 1.82) is 0 Å². The molecule has 1 aliphatic rings. The van der Waals surface area contributed by atoms with Gasteiger partial charge in [0.15, 0.2) is 5.66 Å². The van der Waals surface area contributed by atoms with Gasteiger partial charge >= 0.3 is 0 Å². The molecule has 0 amide bonds. The lowest BCUT2D eigenvalue weighted by atomic mass is 10.1. The first-order valence-electron chi connectivity index (χ1n) is 3.82. The molecule has 0 radical (unpaired) electrons. The summed E-state index contributed by atoms with van der Waals surface area (Å²) in [5.74, 6) is 0. The molecule has 10 heavy (non-hydrogen) atoms. The first-order valence-corrected chi connectivity index (χ1v) is 3.82. The fourth-order valence-electron chi connectivity index (χ4n) is 0.944. The van der Waals surface area contributed by atoms with E-state index < -0.39 is 0 Å². The van der Waals surface area contributed by atoms with Gasteiger partial charge in [0.2, 0.25) is 0 Å². The molecule has 0 spiro atoms. The molecule has 0 aromatic carbocycles. The lowest BCUT2D eigenvalue weighted by molar-refractivity contribution is 0.519. The second-order valence-electron chi connectivity index (χ2n) is 3.29. The molecule has 1 heterocycles. The molecule has 0 fully saturated rings. The predicted octanol–water partition coefficient (Wildman–Crippen LogP) is 1.69. The maximum Gasteiger partial charge on any atom is 0.188 e. The van der Waals surface area contributed by atoms with Gasteiger partial charge in [-0.05, 0) is 33.1 Å². The van der Waals surface area contributed by atoms with Gasteiger partial charge in [-0.1, -0.05) is 0 Å². The van der Waals surface area contributed by atoms with Crippen molar-refractivity contribution in [3.05, 3.63) is 0 Å². The van der Waals surface area contributed by atoms with Crippen molar-refractivity contribution >= 4 is 0 Å². The van der Waals surface area contributed by atoms with Crippen molar-refractivity contribution in [2.45, 2.75) is 44.8 Å². The molecule has 0 bridgehead atoms. The Labute approximate surface area is 61.7 Å². The summed E-state index contributed by atoms with van der Waals surface area (Å²) in [7, 11) is 0. The maximum atomic E-state index is 5.58. The highest BCUT2D eigenvalue weighted by Crippen LogP contribution is 2.32. The lowest BCUT2D eigenvalue weighted by Gasteiger charge is -2.05. The average Bonchev–Trinajstić information content (AvgIpc) is 2.47. The van der Waals surface area contributed by atoms with Gasteiger partial charge < -0.3 is 5.73 Å². The quantitative estimate of drug-likeness (QED) is 0.636. The third-order valence-corrected chi connectivity index (χ3v) is 1.75. The molecule has 1 atom stereocenters. The van der Waals surface area contributed by atoms with Crippen LogP contribution in [0.2, 0.25) is 0 Å². The zero-order valence-corrected chi connectivity index (χ0v) is 6.67. The minimum Gasteiger partial charge on any atom is -0.328 e. The first kappa shape index (κ1) is 7.66. The molecule has 3 heteroatoms. The van der Waals surface area contributed by atoms with Crippen LogP contribution in [0, 0.1) is 0 Å². The van der Waals surface area contributed by atoms with Crippen LogP contribution in [0.25, 0.3) is 0 Å². The van der Waals surface area contributed by atoms with Gasteiger partial charge in [0.1, 0.15) is 0 Å². The Hall–Kier alpha value is -0.440. The van der Waals surface area contributed by atoms with E-state index in [1.807, 2.05) is 13.8 Å². The smallest absolute Gasteiger partial charge is 0.188 e. The van der Waals surface area contributed by atoms with Gasteiger partial charge in [-0.2, -0.15) is 10.2 Å². The lowest BCUT2D eigenvalue weighted by Crippen LogP contribution is -2.15. The number of nitrogens with two attached hydrogens (primary N) is 1. The second-order valence-corrected chi connectivity index (χ2v) is 3.29. The van der Waals surface area contributed by atoms with Crippen LogP contribution in [-0.2, 0) is 0 Å². The van der Waals surface area contributed by atoms with Crippen LogP contribution >= 0.6 is 0 Å². The summed E-state index contributed by atoms with van der Waals surface area (Å²) in [4.78, 5) is 0. The fraction of sp³-hybridized carbons (Fsp3) is 1.00. The van der Waals surface area contributed by atoms with E-state index in [2.05, 4.69) is 10.2 Å². The number of hydrogen-bond acceptors (Lipinski definition) is 3. The molecule has 0 aromatic heterocycles. The van der Waals surface area contributed by atoms with Crippen LogP contribution in [0.3, 0.4) is 0 Å². The van der Waals surface area contributed by atoms with Crippen molar-refractivity contribution in [2.24, 2.45) is 16.0 Å². The summed E-state index contributed by atoms with van der Waals surface area (Å²) in [6.45, 7) is 4.08. The van der Waals surface area contributed by atoms with Crippen LogP contribution in [0.1, 0.15) is 33.1 Å². The highest BCUT2D eigenvalue weighted by atomic mass is 15.4. The number of hydrogen-bond donors (Lipinski definition) is 1. The van der Waals surface area contributed by atoms with E-state index in [9.17, 15) is 0 Å². The van der Waals surface area contributed by atoms with Crippen molar-refractivity contribution < 1.29 is 0 Å². The average molecular weight is 141 g/mol. The zero-order chi connectivity index (χ0) is 7.61. The largest absolute Gasteiger partial charge is 0.328 e. The fourth-order valence-corrected chi connectivity index (χ4v) is 0.944. The van der Waals surface area contributed by atoms with Crippen molar-refractivity contribution in [1.82, 2.24) is 0 Å². The number of rotatable bonds is 4. The van der Waals surface area contributed by atoms with E-state index in [0.29, 0.717) is 6.04 Å². The summed E-state index contributed by atoms with van der Waals surface area (Å²) in [6, 6.07) is 0.322. The van der Waals surface area contributed by atoms with E-state index >= 15 is 0 Å². The SMILES string of the molecule is CC(N)CCCC1(C)N=N1. The van der Waals surface area contributed by atoms with Gasteiger partial charge in [0.05, 0.1) is 0 Å². The third kappa shape index (κ3) is 2.43. The molecule has 58 valence electrons. The molecule has 1 unspecified atom stereocenters. The summed E-state index contributed by atoms with van der Waals surface area (Å²) in [6.07, 6.45) is 3.29. The molecule has 0 aliphatic carbocycles. The van der Waals surface area contributed by atoms with Gasteiger partial charge in [0, 0.05) is 6.04 Å². The van der Waals surface area contributed by atoms with E-state index in [-0.39, 0.29) is 5.66 Å².